The number of hydrogen-bond acceptors (Lipinski definition) is 3. The molecule has 0 aromatic heterocycles. The molecule has 3 nitrogen and oxygen atoms in total. The van der Waals surface area contributed by atoms with Gasteiger partial charge in [0.25, 0.3) is 0 Å². The van der Waals surface area contributed by atoms with Gasteiger partial charge in [-0.1, -0.05) is 24.3 Å². The third-order valence-electron chi connectivity index (χ3n) is 3.22. The molecule has 0 spiro atoms. The van der Waals surface area contributed by atoms with Gasteiger partial charge in [-0.2, -0.15) is 5.26 Å². The molecule has 0 aliphatic carbocycles. The van der Waals surface area contributed by atoms with Crippen LogP contribution in [0.4, 0.5) is 4.39 Å². The van der Waals surface area contributed by atoms with Gasteiger partial charge >= 0.3 is 0 Å². The largest absolute Gasteiger partial charge is 0.490 e. The zero-order valence-electron chi connectivity index (χ0n) is 12.5. The molecule has 0 N–H and O–H groups in total. The summed E-state index contributed by atoms with van der Waals surface area (Å²) in [6.45, 7) is 2.83. The van der Waals surface area contributed by atoms with Gasteiger partial charge in [-0.3, -0.25) is 0 Å². The molecule has 0 saturated carbocycles. The molecule has 0 heterocycles. The van der Waals surface area contributed by atoms with Crippen molar-refractivity contribution in [2.45, 2.75) is 19.3 Å². The monoisotopic (exact) mass is 299 g/mol. The normalized spacial score (nSPS) is 11.5. The number of para-hydroxylation sites is 2. The van der Waals surface area contributed by atoms with Crippen LogP contribution in [-0.2, 0) is 0 Å². The summed E-state index contributed by atoms with van der Waals surface area (Å²) in [5, 5.41) is 9.25. The average Bonchev–Trinajstić information content (AvgIpc) is 2.53. The Bertz CT molecular complexity index is 652. The lowest BCUT2D eigenvalue weighted by Crippen LogP contribution is -2.06. The van der Waals surface area contributed by atoms with Crippen LogP contribution in [0.1, 0.15) is 24.8 Å². The molecule has 0 saturated heterocycles. The van der Waals surface area contributed by atoms with E-state index in [0.717, 1.165) is 0 Å². The molecule has 0 bridgehead atoms. The van der Waals surface area contributed by atoms with Crippen LogP contribution in [0.2, 0.25) is 0 Å². The van der Waals surface area contributed by atoms with Gasteiger partial charge in [0.2, 0.25) is 0 Å². The van der Waals surface area contributed by atoms with E-state index < -0.39 is 5.92 Å². The number of rotatable bonds is 7. The standard InChI is InChI=1S/C18H18FNO2/c1-2-21-17-8-3-4-9-18(17)22-11-10-15(13-20)14-6-5-7-16(19)12-14/h3-9,12,15H,2,10-11H2,1H3. The molecule has 2 rings (SSSR count). The number of hydrogen-bond donors (Lipinski definition) is 0. The molecule has 0 aliphatic heterocycles. The zero-order valence-corrected chi connectivity index (χ0v) is 12.5. The topological polar surface area (TPSA) is 42.2 Å². The van der Waals surface area contributed by atoms with Crippen LogP contribution in [0.15, 0.2) is 48.5 Å². The summed E-state index contributed by atoms with van der Waals surface area (Å²) in [7, 11) is 0. The predicted octanol–water partition coefficient (Wildman–Crippen LogP) is 4.30. The second kappa shape index (κ2) is 8.04. The van der Waals surface area contributed by atoms with Crippen LogP contribution in [0.3, 0.4) is 0 Å². The summed E-state index contributed by atoms with van der Waals surface area (Å²) in [4.78, 5) is 0. The molecule has 1 unspecified atom stereocenters. The minimum Gasteiger partial charge on any atom is -0.490 e. The van der Waals surface area contributed by atoms with E-state index in [4.69, 9.17) is 9.47 Å². The summed E-state index contributed by atoms with van der Waals surface area (Å²) in [5.41, 5.74) is 0.671. The van der Waals surface area contributed by atoms with Crippen LogP contribution in [-0.4, -0.2) is 13.2 Å². The summed E-state index contributed by atoms with van der Waals surface area (Å²) in [6, 6.07) is 15.7. The van der Waals surface area contributed by atoms with Gasteiger partial charge in [0.05, 0.1) is 25.2 Å². The smallest absolute Gasteiger partial charge is 0.161 e. The van der Waals surface area contributed by atoms with Gasteiger partial charge in [-0.05, 0) is 36.8 Å². The van der Waals surface area contributed by atoms with Gasteiger partial charge in [0, 0.05) is 6.42 Å². The number of nitrogens with zero attached hydrogens (tertiary/aromatic N) is 1. The van der Waals surface area contributed by atoms with E-state index in [2.05, 4.69) is 6.07 Å². The Hall–Kier alpha value is -2.54. The lowest BCUT2D eigenvalue weighted by molar-refractivity contribution is 0.271. The van der Waals surface area contributed by atoms with E-state index in [-0.39, 0.29) is 5.82 Å². The molecule has 2 aromatic carbocycles. The first-order valence-electron chi connectivity index (χ1n) is 7.24. The van der Waals surface area contributed by atoms with Gasteiger partial charge in [0.1, 0.15) is 5.82 Å². The van der Waals surface area contributed by atoms with Gasteiger partial charge in [-0.25, -0.2) is 4.39 Å². The molecule has 0 radical (unpaired) electrons. The fourth-order valence-corrected chi connectivity index (χ4v) is 2.16. The van der Waals surface area contributed by atoms with E-state index in [0.29, 0.717) is 36.7 Å². The van der Waals surface area contributed by atoms with Crippen molar-refractivity contribution in [1.82, 2.24) is 0 Å². The number of nitriles is 1. The van der Waals surface area contributed by atoms with Crippen molar-refractivity contribution in [3.8, 4) is 17.6 Å². The molecule has 2 aromatic rings. The van der Waals surface area contributed by atoms with Crippen molar-refractivity contribution in [3.05, 3.63) is 59.9 Å². The Morgan fingerprint density at radius 1 is 1.09 bits per heavy atom. The quantitative estimate of drug-likeness (QED) is 0.765. The highest BCUT2D eigenvalue weighted by Crippen LogP contribution is 2.27. The van der Waals surface area contributed by atoms with Crippen LogP contribution in [0.5, 0.6) is 11.5 Å². The minimum atomic E-state index is -0.394. The van der Waals surface area contributed by atoms with Crippen molar-refractivity contribution in [2.24, 2.45) is 0 Å². The van der Waals surface area contributed by atoms with Gasteiger partial charge in [0.15, 0.2) is 11.5 Å². The first-order chi connectivity index (χ1) is 10.7. The molecule has 0 amide bonds. The van der Waals surface area contributed by atoms with Crippen molar-refractivity contribution in [2.75, 3.05) is 13.2 Å². The highest BCUT2D eigenvalue weighted by Gasteiger charge is 2.12. The van der Waals surface area contributed by atoms with Crippen molar-refractivity contribution >= 4 is 0 Å². The van der Waals surface area contributed by atoms with E-state index in [1.807, 2.05) is 31.2 Å². The fraction of sp³-hybridized carbons (Fsp3) is 0.278. The molecule has 114 valence electrons. The molecular formula is C18H18FNO2. The Labute approximate surface area is 129 Å². The summed E-state index contributed by atoms with van der Waals surface area (Å²) in [5.74, 6) is 0.611. The first-order valence-corrected chi connectivity index (χ1v) is 7.24. The molecule has 0 aliphatic rings. The second-order valence-corrected chi connectivity index (χ2v) is 4.75. The fourth-order valence-electron chi connectivity index (χ4n) is 2.16. The maximum absolute atomic E-state index is 13.2. The number of ether oxygens (including phenoxy) is 2. The minimum absolute atomic E-state index is 0.333. The molecule has 1 atom stereocenters. The third-order valence-corrected chi connectivity index (χ3v) is 3.22. The van der Waals surface area contributed by atoms with Crippen LogP contribution < -0.4 is 9.47 Å². The maximum atomic E-state index is 13.2. The molecule has 22 heavy (non-hydrogen) atoms. The average molecular weight is 299 g/mol. The Kier molecular flexibility index (Phi) is 5.79. The SMILES string of the molecule is CCOc1ccccc1OCCC(C#N)c1cccc(F)c1. The Morgan fingerprint density at radius 2 is 1.82 bits per heavy atom. The van der Waals surface area contributed by atoms with E-state index >= 15 is 0 Å². The van der Waals surface area contributed by atoms with E-state index in [1.54, 1.807) is 12.1 Å². The summed E-state index contributed by atoms with van der Waals surface area (Å²) >= 11 is 0. The van der Waals surface area contributed by atoms with Crippen LogP contribution >= 0.6 is 0 Å². The van der Waals surface area contributed by atoms with Gasteiger partial charge < -0.3 is 9.47 Å². The van der Waals surface area contributed by atoms with Crippen LogP contribution in [0.25, 0.3) is 0 Å². The lowest BCUT2D eigenvalue weighted by atomic mass is 9.98. The number of halogens is 1. The molecular weight excluding hydrogens is 281 g/mol. The van der Waals surface area contributed by atoms with Gasteiger partial charge in [-0.15, -0.1) is 0 Å². The molecule has 0 fully saturated rings. The third kappa shape index (κ3) is 4.23. The summed E-state index contributed by atoms with van der Waals surface area (Å²) < 4.78 is 24.4. The second-order valence-electron chi connectivity index (χ2n) is 4.75. The number of benzene rings is 2. The van der Waals surface area contributed by atoms with E-state index in [1.165, 1.54) is 12.1 Å². The maximum Gasteiger partial charge on any atom is 0.161 e. The van der Waals surface area contributed by atoms with E-state index in [9.17, 15) is 9.65 Å². The van der Waals surface area contributed by atoms with Crippen LogP contribution in [0, 0.1) is 17.1 Å². The Morgan fingerprint density at radius 3 is 2.45 bits per heavy atom. The first kappa shape index (κ1) is 15.8. The van der Waals surface area contributed by atoms with Crippen molar-refractivity contribution < 1.29 is 13.9 Å². The molecule has 4 heteroatoms. The van der Waals surface area contributed by atoms with Crippen molar-refractivity contribution in [1.29, 1.82) is 5.26 Å². The predicted molar refractivity (Wildman–Crippen MR) is 82.5 cm³/mol. The summed E-state index contributed by atoms with van der Waals surface area (Å²) in [6.07, 6.45) is 0.487. The van der Waals surface area contributed by atoms with Crippen molar-refractivity contribution in [3.63, 3.8) is 0 Å². The Balaban J connectivity index is 1.96. The zero-order chi connectivity index (χ0) is 15.8. The highest BCUT2D eigenvalue weighted by atomic mass is 19.1. The lowest BCUT2D eigenvalue weighted by Gasteiger charge is -2.13. The highest BCUT2D eigenvalue weighted by molar-refractivity contribution is 5.39.